The van der Waals surface area contributed by atoms with Gasteiger partial charge < -0.3 is 14.6 Å². The number of halogens is 1. The van der Waals surface area contributed by atoms with Crippen molar-refractivity contribution in [2.75, 3.05) is 12.4 Å². The van der Waals surface area contributed by atoms with Crippen molar-refractivity contribution >= 4 is 17.3 Å². The van der Waals surface area contributed by atoms with Crippen LogP contribution in [-0.2, 0) is 13.1 Å². The van der Waals surface area contributed by atoms with Crippen LogP contribution in [0.4, 0.5) is 5.69 Å². The molecular weight excluding hydrogens is 284 g/mol. The summed E-state index contributed by atoms with van der Waals surface area (Å²) in [6.45, 7) is 10.3. The molecule has 4 heteroatoms. The highest BCUT2D eigenvalue weighted by Crippen LogP contribution is 2.31. The maximum Gasteiger partial charge on any atom is 0.143 e. The molecule has 3 nitrogen and oxygen atoms in total. The number of aryl methyl sites for hydroxylation is 2. The predicted octanol–water partition coefficient (Wildman–Crippen LogP) is 4.71. The highest BCUT2D eigenvalue weighted by Gasteiger charge is 2.10. The standard InChI is InChI=1S/C17H23ClN2O/c1-6-20-12(3)8-14(13(20)4)10-19-16-7-11(2)15(18)9-17(16)21-5/h7-9,19H,6,10H2,1-5H3. The van der Waals surface area contributed by atoms with Crippen LogP contribution in [0.5, 0.6) is 5.75 Å². The fourth-order valence-corrected chi connectivity index (χ4v) is 2.85. The highest BCUT2D eigenvalue weighted by molar-refractivity contribution is 6.31. The van der Waals surface area contributed by atoms with Crippen molar-refractivity contribution in [1.82, 2.24) is 4.57 Å². The minimum atomic E-state index is 0.724. The Morgan fingerprint density at radius 3 is 2.48 bits per heavy atom. The number of benzene rings is 1. The summed E-state index contributed by atoms with van der Waals surface area (Å²) in [5.41, 5.74) is 5.93. The summed E-state index contributed by atoms with van der Waals surface area (Å²) >= 11 is 6.14. The molecule has 1 N–H and O–H groups in total. The van der Waals surface area contributed by atoms with Gasteiger partial charge in [-0.25, -0.2) is 0 Å². The largest absolute Gasteiger partial charge is 0.495 e. The molecule has 0 amide bonds. The first-order valence-corrected chi connectivity index (χ1v) is 7.59. The van der Waals surface area contributed by atoms with E-state index in [1.165, 1.54) is 17.0 Å². The minimum Gasteiger partial charge on any atom is -0.495 e. The number of hydrogen-bond acceptors (Lipinski definition) is 2. The second-order valence-corrected chi connectivity index (χ2v) is 5.70. The first-order chi connectivity index (χ1) is 9.97. The molecule has 2 rings (SSSR count). The van der Waals surface area contributed by atoms with Crippen LogP contribution < -0.4 is 10.1 Å². The molecule has 0 aliphatic heterocycles. The molecular formula is C17H23ClN2O. The van der Waals surface area contributed by atoms with Gasteiger partial charge in [0, 0.05) is 35.6 Å². The minimum absolute atomic E-state index is 0.724. The number of rotatable bonds is 5. The normalized spacial score (nSPS) is 10.8. The average Bonchev–Trinajstić information content (AvgIpc) is 2.73. The zero-order valence-corrected chi connectivity index (χ0v) is 14.1. The summed E-state index contributed by atoms with van der Waals surface area (Å²) in [6.07, 6.45) is 0. The van der Waals surface area contributed by atoms with E-state index in [4.69, 9.17) is 16.3 Å². The third kappa shape index (κ3) is 3.18. The molecule has 0 fully saturated rings. The predicted molar refractivity (Wildman–Crippen MR) is 89.6 cm³/mol. The molecule has 0 aliphatic rings. The Kier molecular flexibility index (Phi) is 4.84. The van der Waals surface area contributed by atoms with Gasteiger partial charge >= 0.3 is 0 Å². The molecule has 21 heavy (non-hydrogen) atoms. The molecule has 0 saturated carbocycles. The Labute approximate surface area is 131 Å². The van der Waals surface area contributed by atoms with Crippen LogP contribution in [0.25, 0.3) is 0 Å². The van der Waals surface area contributed by atoms with Gasteiger partial charge in [0.15, 0.2) is 0 Å². The van der Waals surface area contributed by atoms with Crippen LogP contribution >= 0.6 is 11.6 Å². The van der Waals surface area contributed by atoms with E-state index in [-0.39, 0.29) is 0 Å². The van der Waals surface area contributed by atoms with Crippen molar-refractivity contribution in [3.8, 4) is 5.75 Å². The maximum atomic E-state index is 6.14. The first kappa shape index (κ1) is 15.8. The molecule has 0 atom stereocenters. The summed E-state index contributed by atoms with van der Waals surface area (Å²) in [6, 6.07) is 6.12. The van der Waals surface area contributed by atoms with E-state index in [2.05, 4.69) is 36.7 Å². The number of nitrogens with one attached hydrogen (secondary N) is 1. The van der Waals surface area contributed by atoms with Crippen LogP contribution in [0, 0.1) is 20.8 Å². The van der Waals surface area contributed by atoms with E-state index < -0.39 is 0 Å². The van der Waals surface area contributed by atoms with Gasteiger partial charge in [0.2, 0.25) is 0 Å². The lowest BCUT2D eigenvalue weighted by Crippen LogP contribution is -2.04. The number of aromatic nitrogens is 1. The Morgan fingerprint density at radius 1 is 1.19 bits per heavy atom. The molecule has 1 aromatic heterocycles. The fraction of sp³-hybridized carbons (Fsp3) is 0.412. The zero-order valence-electron chi connectivity index (χ0n) is 13.4. The lowest BCUT2D eigenvalue weighted by atomic mass is 10.2. The van der Waals surface area contributed by atoms with Gasteiger partial charge in [0.1, 0.15) is 5.75 Å². The van der Waals surface area contributed by atoms with Crippen LogP contribution in [0.2, 0.25) is 5.02 Å². The van der Waals surface area contributed by atoms with Gasteiger partial charge in [-0.2, -0.15) is 0 Å². The Morgan fingerprint density at radius 2 is 1.90 bits per heavy atom. The lowest BCUT2D eigenvalue weighted by molar-refractivity contribution is 0.416. The van der Waals surface area contributed by atoms with Crippen molar-refractivity contribution in [1.29, 1.82) is 0 Å². The molecule has 114 valence electrons. The topological polar surface area (TPSA) is 26.2 Å². The third-order valence-corrected chi connectivity index (χ3v) is 4.35. The quantitative estimate of drug-likeness (QED) is 0.866. The molecule has 0 radical (unpaired) electrons. The SMILES string of the molecule is CCn1c(C)cc(CNc2cc(C)c(Cl)cc2OC)c1C. The summed E-state index contributed by atoms with van der Waals surface area (Å²) in [7, 11) is 1.66. The van der Waals surface area contributed by atoms with Crippen LogP contribution in [0.3, 0.4) is 0 Å². The molecule has 0 spiro atoms. The molecule has 1 heterocycles. The molecule has 2 aromatic rings. The summed E-state index contributed by atoms with van der Waals surface area (Å²) < 4.78 is 7.72. The first-order valence-electron chi connectivity index (χ1n) is 7.21. The second-order valence-electron chi connectivity index (χ2n) is 5.30. The molecule has 0 saturated heterocycles. The number of nitrogens with zero attached hydrogens (tertiary/aromatic N) is 1. The van der Waals surface area contributed by atoms with Gasteiger partial charge in [-0.05, 0) is 51.0 Å². The number of anilines is 1. The van der Waals surface area contributed by atoms with Crippen LogP contribution in [0.1, 0.15) is 29.4 Å². The van der Waals surface area contributed by atoms with E-state index in [0.29, 0.717) is 0 Å². The smallest absolute Gasteiger partial charge is 0.143 e. The molecule has 0 unspecified atom stereocenters. The van der Waals surface area contributed by atoms with Crippen molar-refractivity contribution in [2.45, 2.75) is 40.8 Å². The Hall–Kier alpha value is -1.61. The van der Waals surface area contributed by atoms with E-state index in [9.17, 15) is 0 Å². The van der Waals surface area contributed by atoms with Gasteiger partial charge in [-0.15, -0.1) is 0 Å². The maximum absolute atomic E-state index is 6.14. The molecule has 1 aromatic carbocycles. The van der Waals surface area contributed by atoms with Gasteiger partial charge in [0.05, 0.1) is 12.8 Å². The number of methoxy groups -OCH3 is 1. The van der Waals surface area contributed by atoms with Crippen LogP contribution in [-0.4, -0.2) is 11.7 Å². The zero-order chi connectivity index (χ0) is 15.6. The van der Waals surface area contributed by atoms with Gasteiger partial charge in [0.25, 0.3) is 0 Å². The monoisotopic (exact) mass is 306 g/mol. The van der Waals surface area contributed by atoms with E-state index in [1.807, 2.05) is 19.1 Å². The van der Waals surface area contributed by atoms with E-state index >= 15 is 0 Å². The summed E-state index contributed by atoms with van der Waals surface area (Å²) in [5.74, 6) is 0.773. The fourth-order valence-electron chi connectivity index (χ4n) is 2.70. The van der Waals surface area contributed by atoms with Crippen LogP contribution in [0.15, 0.2) is 18.2 Å². The second kappa shape index (κ2) is 6.44. The summed E-state index contributed by atoms with van der Waals surface area (Å²) in [4.78, 5) is 0. The molecule has 0 aliphatic carbocycles. The number of hydrogen-bond donors (Lipinski definition) is 1. The molecule has 0 bridgehead atoms. The van der Waals surface area contributed by atoms with Crippen molar-refractivity contribution < 1.29 is 4.74 Å². The Bertz CT molecular complexity index is 647. The highest BCUT2D eigenvalue weighted by atomic mass is 35.5. The van der Waals surface area contributed by atoms with Gasteiger partial charge in [-0.3, -0.25) is 0 Å². The number of ether oxygens (including phenoxy) is 1. The van der Waals surface area contributed by atoms with E-state index in [1.54, 1.807) is 7.11 Å². The van der Waals surface area contributed by atoms with Crippen molar-refractivity contribution in [3.63, 3.8) is 0 Å². The lowest BCUT2D eigenvalue weighted by Gasteiger charge is -2.13. The Balaban J connectivity index is 2.22. The average molecular weight is 307 g/mol. The summed E-state index contributed by atoms with van der Waals surface area (Å²) in [5, 5.41) is 4.18. The third-order valence-electron chi connectivity index (χ3n) is 3.94. The van der Waals surface area contributed by atoms with Crippen molar-refractivity contribution in [2.24, 2.45) is 0 Å². The van der Waals surface area contributed by atoms with Gasteiger partial charge in [-0.1, -0.05) is 11.6 Å². The van der Waals surface area contributed by atoms with E-state index in [0.717, 1.165) is 35.1 Å². The van der Waals surface area contributed by atoms with Crippen molar-refractivity contribution in [3.05, 3.63) is 45.7 Å².